The fourth-order valence-electron chi connectivity index (χ4n) is 2.80. The van der Waals surface area contributed by atoms with Crippen LogP contribution in [0.1, 0.15) is 18.1 Å². The molecule has 162 valence electrons. The molecule has 0 fully saturated rings. The molecule has 0 bridgehead atoms. The highest BCUT2D eigenvalue weighted by Crippen LogP contribution is 2.14. The number of ether oxygens (including phenoxy) is 2. The second kappa shape index (κ2) is 10.3. The van der Waals surface area contributed by atoms with Gasteiger partial charge in [0.1, 0.15) is 5.75 Å². The maximum atomic E-state index is 12.2. The lowest BCUT2D eigenvalue weighted by atomic mass is 10.1. The molecule has 1 aromatic heterocycles. The van der Waals surface area contributed by atoms with Gasteiger partial charge < -0.3 is 14.8 Å². The Labute approximate surface area is 180 Å². The topological polar surface area (TPSA) is 108 Å². The first-order valence-corrected chi connectivity index (χ1v) is 9.89. The van der Waals surface area contributed by atoms with Gasteiger partial charge in [-0.2, -0.15) is 4.80 Å². The highest BCUT2D eigenvalue weighted by atomic mass is 16.5. The highest BCUT2D eigenvalue weighted by Gasteiger charge is 2.18. The average Bonchev–Trinajstić information content (AvgIpc) is 3.22. The molecule has 0 aliphatic heterocycles. The van der Waals surface area contributed by atoms with E-state index in [-0.39, 0.29) is 12.5 Å². The van der Waals surface area contributed by atoms with Gasteiger partial charge in [0, 0.05) is 12.1 Å². The SMILES string of the molecule is COc1ccc(CCNC(=O)C(C)OC(=O)Cn2nnc(-c3ccc(C)cc3)n2)cc1. The third kappa shape index (κ3) is 6.36. The fraction of sp³-hybridized carbons (Fsp3) is 0.318. The smallest absolute Gasteiger partial charge is 0.330 e. The Morgan fingerprint density at radius 2 is 1.81 bits per heavy atom. The minimum absolute atomic E-state index is 0.234. The Bertz CT molecular complexity index is 1020. The molecule has 0 saturated carbocycles. The van der Waals surface area contributed by atoms with Crippen molar-refractivity contribution in [2.75, 3.05) is 13.7 Å². The maximum absolute atomic E-state index is 12.2. The molecule has 0 saturated heterocycles. The number of aromatic nitrogens is 4. The molecule has 1 unspecified atom stereocenters. The number of nitrogens with zero attached hydrogens (tertiary/aromatic N) is 4. The van der Waals surface area contributed by atoms with Crippen LogP contribution in [0.4, 0.5) is 0 Å². The molecule has 3 rings (SSSR count). The van der Waals surface area contributed by atoms with Gasteiger partial charge in [-0.15, -0.1) is 10.2 Å². The van der Waals surface area contributed by atoms with Crippen LogP contribution in [-0.4, -0.2) is 51.8 Å². The van der Waals surface area contributed by atoms with E-state index < -0.39 is 12.1 Å². The van der Waals surface area contributed by atoms with Gasteiger partial charge in [-0.3, -0.25) is 4.79 Å². The van der Waals surface area contributed by atoms with Crippen molar-refractivity contribution >= 4 is 11.9 Å². The first-order chi connectivity index (χ1) is 14.9. The summed E-state index contributed by atoms with van der Waals surface area (Å²) in [5.41, 5.74) is 2.98. The van der Waals surface area contributed by atoms with Crippen molar-refractivity contribution in [1.82, 2.24) is 25.5 Å². The molecule has 3 aromatic rings. The number of tetrazole rings is 1. The van der Waals surface area contributed by atoms with E-state index >= 15 is 0 Å². The number of methoxy groups -OCH3 is 1. The van der Waals surface area contributed by atoms with Crippen LogP contribution in [0.15, 0.2) is 48.5 Å². The van der Waals surface area contributed by atoms with Crippen molar-refractivity contribution in [3.05, 3.63) is 59.7 Å². The molecule has 9 nitrogen and oxygen atoms in total. The predicted molar refractivity (Wildman–Crippen MR) is 113 cm³/mol. The van der Waals surface area contributed by atoms with Crippen LogP contribution in [0.3, 0.4) is 0 Å². The Morgan fingerprint density at radius 1 is 1.10 bits per heavy atom. The van der Waals surface area contributed by atoms with Gasteiger partial charge in [-0.1, -0.05) is 42.0 Å². The number of benzene rings is 2. The normalized spacial score (nSPS) is 11.6. The molecule has 1 amide bonds. The Balaban J connectivity index is 1.43. The summed E-state index contributed by atoms with van der Waals surface area (Å²) >= 11 is 0. The number of amides is 1. The molecule has 0 aliphatic rings. The molecule has 31 heavy (non-hydrogen) atoms. The van der Waals surface area contributed by atoms with Crippen LogP contribution in [0, 0.1) is 6.92 Å². The molecule has 0 radical (unpaired) electrons. The number of aryl methyl sites for hydroxylation is 1. The average molecular weight is 423 g/mol. The second-order valence-electron chi connectivity index (χ2n) is 7.03. The summed E-state index contributed by atoms with van der Waals surface area (Å²) in [4.78, 5) is 25.5. The van der Waals surface area contributed by atoms with E-state index in [4.69, 9.17) is 9.47 Å². The van der Waals surface area contributed by atoms with Crippen LogP contribution in [-0.2, 0) is 27.3 Å². The maximum Gasteiger partial charge on any atom is 0.330 e. The lowest BCUT2D eigenvalue weighted by molar-refractivity contribution is -0.155. The lowest BCUT2D eigenvalue weighted by Crippen LogP contribution is -2.37. The summed E-state index contributed by atoms with van der Waals surface area (Å²) in [5.74, 6) is 0.206. The quantitative estimate of drug-likeness (QED) is 0.524. The van der Waals surface area contributed by atoms with E-state index in [1.165, 1.54) is 6.92 Å². The Morgan fingerprint density at radius 3 is 2.48 bits per heavy atom. The zero-order valence-corrected chi connectivity index (χ0v) is 17.7. The zero-order valence-electron chi connectivity index (χ0n) is 17.7. The third-order valence-corrected chi connectivity index (χ3v) is 4.58. The minimum Gasteiger partial charge on any atom is -0.497 e. The third-order valence-electron chi connectivity index (χ3n) is 4.58. The van der Waals surface area contributed by atoms with Gasteiger partial charge in [0.2, 0.25) is 5.82 Å². The zero-order chi connectivity index (χ0) is 22.2. The van der Waals surface area contributed by atoms with Gasteiger partial charge in [-0.25, -0.2) is 4.79 Å². The van der Waals surface area contributed by atoms with E-state index in [9.17, 15) is 9.59 Å². The second-order valence-corrected chi connectivity index (χ2v) is 7.03. The van der Waals surface area contributed by atoms with Crippen LogP contribution >= 0.6 is 0 Å². The summed E-state index contributed by atoms with van der Waals surface area (Å²) in [7, 11) is 1.61. The minimum atomic E-state index is -0.927. The van der Waals surface area contributed by atoms with E-state index in [2.05, 4.69) is 20.7 Å². The van der Waals surface area contributed by atoms with Crippen molar-refractivity contribution in [3.63, 3.8) is 0 Å². The van der Waals surface area contributed by atoms with Gasteiger partial charge >= 0.3 is 5.97 Å². The summed E-state index contributed by atoms with van der Waals surface area (Å²) in [6.45, 7) is 3.70. The number of nitrogens with one attached hydrogen (secondary N) is 1. The largest absolute Gasteiger partial charge is 0.497 e. The molecule has 1 heterocycles. The van der Waals surface area contributed by atoms with Gasteiger partial charge in [-0.05, 0) is 43.2 Å². The van der Waals surface area contributed by atoms with Gasteiger partial charge in [0.15, 0.2) is 12.6 Å². The Kier molecular flexibility index (Phi) is 7.31. The van der Waals surface area contributed by atoms with Crippen molar-refractivity contribution in [2.45, 2.75) is 32.9 Å². The molecule has 0 spiro atoms. The van der Waals surface area contributed by atoms with Crippen molar-refractivity contribution in [1.29, 1.82) is 0 Å². The van der Waals surface area contributed by atoms with Crippen LogP contribution in [0.2, 0.25) is 0 Å². The summed E-state index contributed by atoms with van der Waals surface area (Å²) in [5, 5.41) is 14.8. The van der Waals surface area contributed by atoms with Crippen molar-refractivity contribution in [2.24, 2.45) is 0 Å². The number of hydrogen-bond acceptors (Lipinski definition) is 7. The van der Waals surface area contributed by atoms with Gasteiger partial charge in [0.25, 0.3) is 5.91 Å². The lowest BCUT2D eigenvalue weighted by Gasteiger charge is -2.13. The van der Waals surface area contributed by atoms with Crippen LogP contribution in [0.5, 0.6) is 5.75 Å². The highest BCUT2D eigenvalue weighted by molar-refractivity contribution is 5.83. The molecule has 0 aliphatic carbocycles. The molecular formula is C22H25N5O4. The van der Waals surface area contributed by atoms with E-state index in [0.29, 0.717) is 18.8 Å². The monoisotopic (exact) mass is 423 g/mol. The molecule has 9 heteroatoms. The number of carbonyl (C=O) groups excluding carboxylic acids is 2. The summed E-state index contributed by atoms with van der Waals surface area (Å²) in [6.07, 6.45) is -0.274. The van der Waals surface area contributed by atoms with Crippen LogP contribution in [0.25, 0.3) is 11.4 Å². The fourth-order valence-corrected chi connectivity index (χ4v) is 2.80. The number of carbonyl (C=O) groups is 2. The number of esters is 1. The first kappa shape index (κ1) is 21.9. The Hall–Kier alpha value is -3.75. The first-order valence-electron chi connectivity index (χ1n) is 9.89. The summed E-state index contributed by atoms with van der Waals surface area (Å²) in [6, 6.07) is 15.3. The predicted octanol–water partition coefficient (Wildman–Crippen LogP) is 1.95. The van der Waals surface area contributed by atoms with Crippen molar-refractivity contribution in [3.8, 4) is 17.1 Å². The van der Waals surface area contributed by atoms with E-state index in [0.717, 1.165) is 27.2 Å². The summed E-state index contributed by atoms with van der Waals surface area (Å²) < 4.78 is 10.3. The molecule has 1 N–H and O–H groups in total. The standard InChI is InChI=1S/C22H25N5O4/c1-15-4-8-18(9-5-15)21-24-26-27(25-21)14-20(28)31-16(2)22(29)23-13-12-17-6-10-19(30-3)11-7-17/h4-11,16H,12-14H2,1-3H3,(H,23,29). The molecular weight excluding hydrogens is 398 g/mol. The van der Waals surface area contributed by atoms with E-state index in [1.807, 2.05) is 55.5 Å². The number of hydrogen-bond donors (Lipinski definition) is 1. The van der Waals surface area contributed by atoms with E-state index in [1.54, 1.807) is 7.11 Å². The van der Waals surface area contributed by atoms with Crippen LogP contribution < -0.4 is 10.1 Å². The van der Waals surface area contributed by atoms with Crippen molar-refractivity contribution < 1.29 is 19.1 Å². The van der Waals surface area contributed by atoms with Gasteiger partial charge in [0.05, 0.1) is 7.11 Å². The number of rotatable bonds is 9. The molecule has 1 atom stereocenters. The molecule has 2 aromatic carbocycles.